The number of H-pyrrole nitrogens is 1. The molecule has 2 rings (SSSR count). The van der Waals surface area contributed by atoms with Gasteiger partial charge in [-0.15, -0.1) is 0 Å². The van der Waals surface area contributed by atoms with E-state index in [2.05, 4.69) is 9.97 Å². The molecule has 5 heteroatoms. The van der Waals surface area contributed by atoms with Gasteiger partial charge in [-0.25, -0.2) is 4.98 Å². The van der Waals surface area contributed by atoms with Crippen LogP contribution in [-0.2, 0) is 0 Å². The molecular weight excluding hydrogens is 194 g/mol. The van der Waals surface area contributed by atoms with Crippen molar-refractivity contribution in [2.24, 2.45) is 5.73 Å². The second-order valence-corrected chi connectivity index (χ2v) is 3.26. The fourth-order valence-corrected chi connectivity index (χ4v) is 1.31. The van der Waals surface area contributed by atoms with E-state index in [0.29, 0.717) is 5.75 Å². The maximum Gasteiger partial charge on any atom is 0.147 e. The van der Waals surface area contributed by atoms with Crippen LogP contribution in [0.4, 0.5) is 0 Å². The van der Waals surface area contributed by atoms with Gasteiger partial charge in [0.25, 0.3) is 0 Å². The zero-order chi connectivity index (χ0) is 10.7. The molecule has 0 fully saturated rings. The third kappa shape index (κ3) is 2.08. The van der Waals surface area contributed by atoms with Gasteiger partial charge in [-0.1, -0.05) is 6.07 Å². The highest BCUT2D eigenvalue weighted by Crippen LogP contribution is 2.21. The van der Waals surface area contributed by atoms with Crippen molar-refractivity contribution < 1.29 is 9.84 Å². The Balaban J connectivity index is 2.17. The van der Waals surface area contributed by atoms with Crippen LogP contribution >= 0.6 is 0 Å². The lowest BCUT2D eigenvalue weighted by molar-refractivity contribution is 0.115. The Morgan fingerprint density at radius 3 is 3.20 bits per heavy atom. The highest BCUT2D eigenvalue weighted by molar-refractivity contribution is 5.80. The van der Waals surface area contributed by atoms with E-state index >= 15 is 0 Å². The van der Waals surface area contributed by atoms with Gasteiger partial charge in [0.2, 0.25) is 0 Å². The third-order valence-electron chi connectivity index (χ3n) is 2.12. The molecule has 1 atom stereocenters. The van der Waals surface area contributed by atoms with Gasteiger partial charge in [-0.05, 0) is 12.1 Å². The normalized spacial score (nSPS) is 12.9. The number of imidazole rings is 1. The van der Waals surface area contributed by atoms with Gasteiger partial charge in [0.05, 0.1) is 11.8 Å². The molecule has 2 aromatic rings. The zero-order valence-electron chi connectivity index (χ0n) is 8.18. The van der Waals surface area contributed by atoms with E-state index in [1.807, 2.05) is 18.2 Å². The van der Waals surface area contributed by atoms with Crippen LogP contribution in [0.3, 0.4) is 0 Å². The number of nitrogens with one attached hydrogen (secondary N) is 1. The molecule has 0 aliphatic rings. The summed E-state index contributed by atoms with van der Waals surface area (Å²) in [4.78, 5) is 7.11. The van der Waals surface area contributed by atoms with E-state index in [1.165, 1.54) is 0 Å². The average Bonchev–Trinajstić information content (AvgIpc) is 2.74. The first-order valence-corrected chi connectivity index (χ1v) is 4.74. The standard InChI is InChI=1S/C10H13N3O2/c11-4-7(14)5-15-9-3-1-2-8-10(9)13-6-12-8/h1-3,6-7,14H,4-5,11H2,(H,12,13)/t7-/m0/s1. The van der Waals surface area contributed by atoms with Crippen molar-refractivity contribution in [2.45, 2.75) is 6.10 Å². The number of aromatic nitrogens is 2. The molecule has 0 aliphatic carbocycles. The molecule has 0 amide bonds. The summed E-state index contributed by atoms with van der Waals surface area (Å²) in [6, 6.07) is 5.59. The van der Waals surface area contributed by atoms with Crippen LogP contribution in [0.25, 0.3) is 11.0 Å². The molecule has 0 saturated heterocycles. The summed E-state index contributed by atoms with van der Waals surface area (Å²) in [6.45, 7) is 0.374. The monoisotopic (exact) mass is 207 g/mol. The number of aliphatic hydroxyl groups is 1. The van der Waals surface area contributed by atoms with Crippen molar-refractivity contribution in [3.63, 3.8) is 0 Å². The molecule has 80 valence electrons. The molecule has 1 aromatic carbocycles. The first kappa shape index (κ1) is 9.95. The third-order valence-corrected chi connectivity index (χ3v) is 2.12. The molecule has 0 radical (unpaired) electrons. The minimum Gasteiger partial charge on any atom is -0.488 e. The summed E-state index contributed by atoms with van der Waals surface area (Å²) in [7, 11) is 0. The molecule has 0 bridgehead atoms. The van der Waals surface area contributed by atoms with Crippen molar-refractivity contribution >= 4 is 11.0 Å². The number of fused-ring (bicyclic) bond motifs is 1. The predicted octanol–water partition coefficient (Wildman–Crippen LogP) is 0.261. The molecule has 0 spiro atoms. The fraction of sp³-hybridized carbons (Fsp3) is 0.300. The number of nitrogens with zero attached hydrogens (tertiary/aromatic N) is 1. The maximum atomic E-state index is 9.26. The molecular formula is C10H13N3O2. The van der Waals surface area contributed by atoms with Gasteiger partial charge in [0, 0.05) is 6.54 Å². The Hall–Kier alpha value is -1.59. The second-order valence-electron chi connectivity index (χ2n) is 3.26. The summed E-state index contributed by atoms with van der Waals surface area (Å²) < 4.78 is 5.42. The van der Waals surface area contributed by atoms with E-state index in [0.717, 1.165) is 11.0 Å². The maximum absolute atomic E-state index is 9.26. The number of para-hydroxylation sites is 1. The number of hydrogen-bond acceptors (Lipinski definition) is 4. The van der Waals surface area contributed by atoms with E-state index in [-0.39, 0.29) is 13.2 Å². The Labute approximate surface area is 86.9 Å². The molecule has 1 heterocycles. The predicted molar refractivity (Wildman–Crippen MR) is 56.6 cm³/mol. The van der Waals surface area contributed by atoms with Crippen molar-refractivity contribution in [1.82, 2.24) is 9.97 Å². The van der Waals surface area contributed by atoms with Crippen molar-refractivity contribution in [3.8, 4) is 5.75 Å². The Kier molecular flexibility index (Phi) is 2.84. The van der Waals surface area contributed by atoms with Crippen LogP contribution in [0.5, 0.6) is 5.75 Å². The number of ether oxygens (including phenoxy) is 1. The topological polar surface area (TPSA) is 84.2 Å². The second kappa shape index (κ2) is 4.29. The summed E-state index contributed by atoms with van der Waals surface area (Å²) in [5.74, 6) is 0.654. The van der Waals surface area contributed by atoms with Crippen molar-refractivity contribution in [3.05, 3.63) is 24.5 Å². The Morgan fingerprint density at radius 1 is 1.53 bits per heavy atom. The molecule has 0 aliphatic heterocycles. The van der Waals surface area contributed by atoms with Crippen LogP contribution in [-0.4, -0.2) is 34.3 Å². The molecule has 1 aromatic heterocycles. The highest BCUT2D eigenvalue weighted by atomic mass is 16.5. The smallest absolute Gasteiger partial charge is 0.147 e. The molecule has 5 nitrogen and oxygen atoms in total. The first-order chi connectivity index (χ1) is 7.31. The summed E-state index contributed by atoms with van der Waals surface area (Å²) in [5, 5.41) is 9.26. The lowest BCUT2D eigenvalue weighted by Crippen LogP contribution is -2.26. The Bertz CT molecular complexity index is 441. The minimum absolute atomic E-state index is 0.183. The van der Waals surface area contributed by atoms with Gasteiger partial charge < -0.3 is 20.6 Å². The van der Waals surface area contributed by atoms with Crippen LogP contribution in [0, 0.1) is 0 Å². The highest BCUT2D eigenvalue weighted by Gasteiger charge is 2.06. The fourth-order valence-electron chi connectivity index (χ4n) is 1.31. The van der Waals surface area contributed by atoms with E-state index in [1.54, 1.807) is 6.33 Å². The van der Waals surface area contributed by atoms with E-state index in [9.17, 15) is 5.11 Å². The number of aliphatic hydroxyl groups excluding tert-OH is 1. The van der Waals surface area contributed by atoms with Gasteiger partial charge in [0.1, 0.15) is 24.0 Å². The molecule has 0 unspecified atom stereocenters. The number of rotatable bonds is 4. The molecule has 0 saturated carbocycles. The molecule has 4 N–H and O–H groups in total. The van der Waals surface area contributed by atoms with E-state index in [4.69, 9.17) is 10.5 Å². The van der Waals surface area contributed by atoms with Crippen LogP contribution in [0.1, 0.15) is 0 Å². The number of aromatic amines is 1. The van der Waals surface area contributed by atoms with Gasteiger partial charge >= 0.3 is 0 Å². The average molecular weight is 207 g/mol. The lowest BCUT2D eigenvalue weighted by atomic mass is 10.3. The first-order valence-electron chi connectivity index (χ1n) is 4.74. The van der Waals surface area contributed by atoms with Crippen LogP contribution in [0.2, 0.25) is 0 Å². The summed E-state index contributed by atoms with van der Waals surface area (Å²) in [6.07, 6.45) is 0.968. The molecule has 15 heavy (non-hydrogen) atoms. The SMILES string of the molecule is NC[C@H](O)COc1cccc2[nH]cnc12. The van der Waals surface area contributed by atoms with E-state index < -0.39 is 6.10 Å². The van der Waals surface area contributed by atoms with Gasteiger partial charge in [0.15, 0.2) is 0 Å². The number of benzene rings is 1. The Morgan fingerprint density at radius 2 is 2.40 bits per heavy atom. The van der Waals surface area contributed by atoms with Crippen LogP contribution < -0.4 is 10.5 Å². The minimum atomic E-state index is -0.640. The zero-order valence-corrected chi connectivity index (χ0v) is 8.18. The summed E-state index contributed by atoms with van der Waals surface area (Å²) >= 11 is 0. The van der Waals surface area contributed by atoms with Gasteiger partial charge in [-0.2, -0.15) is 0 Å². The van der Waals surface area contributed by atoms with Gasteiger partial charge in [-0.3, -0.25) is 0 Å². The quantitative estimate of drug-likeness (QED) is 0.671. The number of nitrogens with two attached hydrogens (primary N) is 1. The largest absolute Gasteiger partial charge is 0.488 e. The van der Waals surface area contributed by atoms with Crippen molar-refractivity contribution in [2.75, 3.05) is 13.2 Å². The van der Waals surface area contributed by atoms with Crippen molar-refractivity contribution in [1.29, 1.82) is 0 Å². The lowest BCUT2D eigenvalue weighted by Gasteiger charge is -2.10. The van der Waals surface area contributed by atoms with Crippen LogP contribution in [0.15, 0.2) is 24.5 Å². The number of hydrogen-bond donors (Lipinski definition) is 3. The summed E-state index contributed by atoms with van der Waals surface area (Å²) in [5.41, 5.74) is 6.95.